The van der Waals surface area contributed by atoms with E-state index in [1.807, 2.05) is 44.2 Å². The van der Waals surface area contributed by atoms with Crippen molar-refractivity contribution in [2.75, 3.05) is 25.1 Å². The number of Topliss-reactive ketones (excluding diaryl/α,β-unsaturated/α-hetero) is 1. The maximum Gasteiger partial charge on any atom is 0.341 e. The molecule has 7 rings (SSSR count). The van der Waals surface area contributed by atoms with Crippen LogP contribution in [0.4, 0.5) is 11.5 Å². The van der Waals surface area contributed by atoms with Gasteiger partial charge in [0.15, 0.2) is 11.7 Å². The molecule has 14 heteroatoms. The second-order valence-electron chi connectivity index (χ2n) is 15.8. The Morgan fingerprint density at radius 3 is 2.61 bits per heavy atom. The molecular formula is C40H50N8O6. The summed E-state index contributed by atoms with van der Waals surface area (Å²) >= 11 is 0. The Morgan fingerprint density at radius 1 is 1.19 bits per heavy atom. The van der Waals surface area contributed by atoms with Crippen molar-refractivity contribution in [3.05, 3.63) is 71.6 Å². The average Bonchev–Trinajstić information content (AvgIpc) is 3.60. The molecule has 8 N–H and O–H groups in total. The van der Waals surface area contributed by atoms with Crippen LogP contribution in [-0.2, 0) is 19.1 Å². The lowest BCUT2D eigenvalue weighted by molar-refractivity contribution is -0.184. The number of nitrogens with zero attached hydrogens (tertiary/aromatic N) is 4. The fourth-order valence-electron chi connectivity index (χ4n) is 9.45. The number of carbonyl (C=O) groups excluding carboxylic acids is 2. The van der Waals surface area contributed by atoms with Crippen LogP contribution in [-0.4, -0.2) is 94.5 Å². The average molecular weight is 739 g/mol. The molecule has 14 nitrogen and oxygen atoms in total. The Hall–Kier alpha value is -4.76. The van der Waals surface area contributed by atoms with Gasteiger partial charge >= 0.3 is 5.97 Å². The second kappa shape index (κ2) is 14.8. The number of ether oxygens (including phenoxy) is 2. The molecule has 1 spiro atoms. The summed E-state index contributed by atoms with van der Waals surface area (Å²) in [5.74, 6) is 0.664. The van der Waals surface area contributed by atoms with Crippen LogP contribution in [0.2, 0.25) is 0 Å². The van der Waals surface area contributed by atoms with Crippen LogP contribution in [0.15, 0.2) is 81.0 Å². The number of anilines is 1. The first-order chi connectivity index (χ1) is 25.8. The summed E-state index contributed by atoms with van der Waals surface area (Å²) in [7, 11) is 0. The van der Waals surface area contributed by atoms with E-state index in [1.165, 1.54) is 0 Å². The smallest absolute Gasteiger partial charge is 0.341 e. The van der Waals surface area contributed by atoms with E-state index >= 15 is 0 Å². The topological polar surface area (TPSA) is 222 Å². The van der Waals surface area contributed by atoms with Crippen molar-refractivity contribution in [2.24, 2.45) is 49.1 Å². The number of allylic oxidation sites excluding steroid dienone is 1. The van der Waals surface area contributed by atoms with Crippen molar-refractivity contribution in [3.8, 4) is 0 Å². The summed E-state index contributed by atoms with van der Waals surface area (Å²) in [6, 6.07) is 11.4. The quantitative estimate of drug-likeness (QED) is 0.0759. The summed E-state index contributed by atoms with van der Waals surface area (Å²) in [6.45, 7) is 6.82. The molecule has 4 heterocycles. The summed E-state index contributed by atoms with van der Waals surface area (Å²) in [4.78, 5) is 44.4. The van der Waals surface area contributed by atoms with E-state index in [1.54, 1.807) is 36.7 Å². The number of hydrogen-bond acceptors (Lipinski definition) is 12. The molecule has 2 aliphatic carbocycles. The maximum absolute atomic E-state index is 13.8. The molecule has 0 amide bonds. The van der Waals surface area contributed by atoms with Crippen molar-refractivity contribution in [2.45, 2.75) is 82.7 Å². The fraction of sp³-hybridized carbons (Fsp3) is 0.500. The van der Waals surface area contributed by atoms with Gasteiger partial charge in [-0.15, -0.1) is 0 Å². The fourth-order valence-corrected chi connectivity index (χ4v) is 9.45. The molecule has 1 saturated heterocycles. The Labute approximate surface area is 314 Å². The third kappa shape index (κ3) is 7.22. The number of nitrogens with one attached hydrogen (secondary N) is 2. The second-order valence-corrected chi connectivity index (χ2v) is 15.8. The lowest BCUT2D eigenvalue weighted by Gasteiger charge is -2.63. The number of aliphatic hydroxyl groups excluding tert-OH is 2. The van der Waals surface area contributed by atoms with E-state index in [0.717, 1.165) is 5.56 Å². The molecule has 0 bridgehead atoms. The Kier molecular flexibility index (Phi) is 10.3. The number of fused-ring (bicyclic) bond motifs is 1. The highest BCUT2D eigenvalue weighted by Crippen LogP contribution is 2.66. The van der Waals surface area contributed by atoms with E-state index in [2.05, 4.69) is 37.5 Å². The summed E-state index contributed by atoms with van der Waals surface area (Å²) in [5, 5.41) is 29.5. The molecule has 6 unspecified atom stereocenters. The van der Waals surface area contributed by atoms with Crippen LogP contribution in [0.1, 0.15) is 58.4 Å². The molecule has 286 valence electrons. The van der Waals surface area contributed by atoms with E-state index < -0.39 is 40.6 Å². The normalized spacial score (nSPS) is 33.1. The number of pyridine rings is 1. The van der Waals surface area contributed by atoms with Gasteiger partial charge in [-0.3, -0.25) is 9.79 Å². The zero-order valence-corrected chi connectivity index (χ0v) is 30.9. The van der Waals surface area contributed by atoms with E-state index in [0.29, 0.717) is 67.5 Å². The van der Waals surface area contributed by atoms with Crippen LogP contribution in [0.3, 0.4) is 0 Å². The third-order valence-electron chi connectivity index (χ3n) is 12.5. The van der Waals surface area contributed by atoms with Crippen molar-refractivity contribution in [1.29, 1.82) is 0 Å². The first-order valence-corrected chi connectivity index (χ1v) is 18.6. The van der Waals surface area contributed by atoms with E-state index in [4.69, 9.17) is 20.9 Å². The molecular weight excluding hydrogens is 688 g/mol. The van der Waals surface area contributed by atoms with Gasteiger partial charge in [-0.25, -0.2) is 19.8 Å². The van der Waals surface area contributed by atoms with Gasteiger partial charge in [0, 0.05) is 23.9 Å². The molecule has 54 heavy (non-hydrogen) atoms. The molecule has 5 aliphatic rings. The molecule has 2 saturated carbocycles. The number of epoxide rings is 1. The van der Waals surface area contributed by atoms with Gasteiger partial charge in [0.25, 0.3) is 0 Å². The van der Waals surface area contributed by atoms with Crippen LogP contribution >= 0.6 is 0 Å². The van der Waals surface area contributed by atoms with Gasteiger partial charge < -0.3 is 41.8 Å². The monoisotopic (exact) mass is 738 g/mol. The summed E-state index contributed by atoms with van der Waals surface area (Å²) in [6.07, 6.45) is 8.62. The third-order valence-corrected chi connectivity index (χ3v) is 12.5. The highest BCUT2D eigenvalue weighted by molar-refractivity contribution is 6.07. The first-order valence-electron chi connectivity index (χ1n) is 18.6. The number of cyclic esters (lactones) is 1. The number of ketones is 1. The lowest BCUT2D eigenvalue weighted by Crippen LogP contribution is -2.67. The molecule has 3 fully saturated rings. The zero-order chi connectivity index (χ0) is 38.3. The standard InChI is InChI=1S/C40H50N8O6/c1-23(29(50)19-35-44-14-15-45-35)46-32-20-30-38(2,12-11-33(51)39(30,3)21-49)31(40(32)22-53-40)18-28(48-34-6-4-5-13-43-34)27-17-26(54-36(27)52)16-24-7-9-25(10-8-24)47-37(41)42/h4-10,13-14,16-17,23,28,30-33,46,49,51H,11-12,15,18-22H2,1-3H3,(H,43,48)(H4,41,42,47)/b26-16+/t23?,28?,30?,31?,32?,33-,38+,39+,40?/m1/s1. The van der Waals surface area contributed by atoms with Crippen molar-refractivity contribution in [1.82, 2.24) is 10.3 Å². The molecule has 9 atom stereocenters. The van der Waals surface area contributed by atoms with Gasteiger partial charge in [0.1, 0.15) is 23.0 Å². The predicted molar refractivity (Wildman–Crippen MR) is 206 cm³/mol. The van der Waals surface area contributed by atoms with Crippen molar-refractivity contribution >= 4 is 47.3 Å². The number of aromatic nitrogens is 1. The Morgan fingerprint density at radius 2 is 1.96 bits per heavy atom. The number of amidine groups is 1. The summed E-state index contributed by atoms with van der Waals surface area (Å²) in [5.41, 5.74) is 11.0. The van der Waals surface area contributed by atoms with Crippen LogP contribution < -0.4 is 22.1 Å². The van der Waals surface area contributed by atoms with Gasteiger partial charge in [0.2, 0.25) is 0 Å². The molecule has 3 aliphatic heterocycles. The molecule has 2 aromatic rings. The minimum absolute atomic E-state index is 0.0270. The largest absolute Gasteiger partial charge is 0.423 e. The van der Waals surface area contributed by atoms with Gasteiger partial charge in [-0.05, 0) is 91.8 Å². The molecule has 0 radical (unpaired) electrons. The zero-order valence-electron chi connectivity index (χ0n) is 30.9. The number of rotatable bonds is 13. The maximum atomic E-state index is 13.8. The van der Waals surface area contributed by atoms with E-state index in [9.17, 15) is 19.8 Å². The van der Waals surface area contributed by atoms with Crippen LogP contribution in [0.25, 0.3) is 6.08 Å². The van der Waals surface area contributed by atoms with Gasteiger partial charge in [-0.2, -0.15) is 0 Å². The number of hydrogen-bond donors (Lipinski definition) is 6. The number of benzene rings is 1. The van der Waals surface area contributed by atoms with Crippen LogP contribution in [0.5, 0.6) is 0 Å². The SMILES string of the molecule is CC(NC1CC2[C@](C)(CC[C@@H](O)[C@@]2(C)CO)C(CC(Nc2ccccn2)C2=C/C(=C\c3ccc(N=C(N)N)cc3)OC2=O)C12CO2)C(=O)CC1=NCC=N1. The predicted octanol–water partition coefficient (Wildman–Crippen LogP) is 3.03. The van der Waals surface area contributed by atoms with Crippen molar-refractivity contribution < 1.29 is 29.3 Å². The Balaban J connectivity index is 1.24. The molecule has 1 aromatic heterocycles. The van der Waals surface area contributed by atoms with Crippen molar-refractivity contribution in [3.63, 3.8) is 0 Å². The molecule has 1 aromatic carbocycles. The van der Waals surface area contributed by atoms with Gasteiger partial charge in [-0.1, -0.05) is 32.0 Å². The minimum Gasteiger partial charge on any atom is -0.423 e. The van der Waals surface area contributed by atoms with E-state index in [-0.39, 0.29) is 42.6 Å². The highest BCUT2D eigenvalue weighted by Gasteiger charge is 2.71. The van der Waals surface area contributed by atoms with Gasteiger partial charge in [0.05, 0.1) is 55.6 Å². The minimum atomic E-state index is -0.801. The number of carbonyl (C=O) groups is 2. The number of nitrogens with two attached hydrogens (primary N) is 2. The number of aliphatic imine (C=N–C) groups is 3. The summed E-state index contributed by atoms with van der Waals surface area (Å²) < 4.78 is 12.4. The number of aliphatic hydroxyl groups is 2. The highest BCUT2D eigenvalue weighted by atomic mass is 16.6. The number of esters is 1. The van der Waals surface area contributed by atoms with Crippen LogP contribution in [0, 0.1) is 22.7 Å². The Bertz CT molecular complexity index is 1900. The number of guanidine groups is 1. The first kappa shape index (κ1) is 37.6. The lowest BCUT2D eigenvalue weighted by atomic mass is 9.43.